The zero-order valence-electron chi connectivity index (χ0n) is 11.9. The Bertz CT molecular complexity index is 668. The topological polar surface area (TPSA) is 0 Å². The molecule has 3 rings (SSSR count). The number of allylic oxidation sites excluding steroid dienone is 2. The molecule has 0 N–H and O–H groups in total. The van der Waals surface area contributed by atoms with Gasteiger partial charge in [-0.05, 0) is 24.1 Å². The highest BCUT2D eigenvalue weighted by atomic mass is 32.1. The van der Waals surface area contributed by atoms with Crippen molar-refractivity contribution in [2.45, 2.75) is 33.6 Å². The summed E-state index contributed by atoms with van der Waals surface area (Å²) in [6.45, 7) is 6.73. The van der Waals surface area contributed by atoms with E-state index in [0.29, 0.717) is 0 Å². The minimum atomic E-state index is 0.160. The number of benzene rings is 1. The van der Waals surface area contributed by atoms with Crippen LogP contribution in [0, 0.1) is 5.41 Å². The maximum absolute atomic E-state index is 2.37. The highest BCUT2D eigenvalue weighted by Gasteiger charge is 2.16. The summed E-state index contributed by atoms with van der Waals surface area (Å²) in [6, 6.07) is 6.95. The second kappa shape index (κ2) is 4.64. The first kappa shape index (κ1) is 12.7. The van der Waals surface area contributed by atoms with Gasteiger partial charge in [0.25, 0.3) is 0 Å². The molecular formula is C18H20S. The molecule has 0 fully saturated rings. The average Bonchev–Trinajstić information content (AvgIpc) is 2.64. The third-order valence-electron chi connectivity index (χ3n) is 3.70. The van der Waals surface area contributed by atoms with Gasteiger partial charge < -0.3 is 0 Å². The summed E-state index contributed by atoms with van der Waals surface area (Å²) in [6.07, 6.45) is 11.6. The number of aryl methyl sites for hydroxylation is 1. The molecule has 98 valence electrons. The van der Waals surface area contributed by atoms with Gasteiger partial charge in [0.15, 0.2) is 0 Å². The van der Waals surface area contributed by atoms with E-state index in [1.165, 1.54) is 38.9 Å². The lowest BCUT2D eigenvalue weighted by molar-refractivity contribution is 0.633. The van der Waals surface area contributed by atoms with Gasteiger partial charge in [-0.25, -0.2) is 0 Å². The monoisotopic (exact) mass is 268 g/mol. The maximum Gasteiger partial charge on any atom is 0.0358 e. The van der Waals surface area contributed by atoms with Crippen LogP contribution in [0.1, 0.15) is 43.2 Å². The number of fused-ring (bicyclic) bond motifs is 3. The van der Waals surface area contributed by atoms with Crippen LogP contribution in [0.3, 0.4) is 0 Å². The predicted octanol–water partition coefficient (Wildman–Crippen LogP) is 5.92. The summed E-state index contributed by atoms with van der Waals surface area (Å²) in [5, 5.41) is 1.40. The van der Waals surface area contributed by atoms with Crippen molar-refractivity contribution in [2.24, 2.45) is 5.41 Å². The molecule has 1 aromatic carbocycles. The molecular weight excluding hydrogens is 248 g/mol. The Morgan fingerprint density at radius 3 is 2.68 bits per heavy atom. The van der Waals surface area contributed by atoms with E-state index in [1.54, 1.807) is 0 Å². The minimum absolute atomic E-state index is 0.160. The Labute approximate surface area is 119 Å². The molecule has 1 heteroatoms. The van der Waals surface area contributed by atoms with Crippen molar-refractivity contribution >= 4 is 33.6 Å². The largest absolute Gasteiger partial charge is 0.135 e. The number of hydrogen-bond donors (Lipinski definition) is 0. The van der Waals surface area contributed by atoms with Gasteiger partial charge in [0.05, 0.1) is 0 Å². The van der Waals surface area contributed by atoms with Crippen LogP contribution in [0.15, 0.2) is 30.4 Å². The van der Waals surface area contributed by atoms with Crippen molar-refractivity contribution in [3.05, 3.63) is 46.4 Å². The number of thiophene rings is 1. The lowest BCUT2D eigenvalue weighted by Crippen LogP contribution is -2.00. The van der Waals surface area contributed by atoms with Gasteiger partial charge in [-0.2, -0.15) is 0 Å². The summed E-state index contributed by atoms with van der Waals surface area (Å²) in [7, 11) is 0. The molecule has 0 radical (unpaired) electrons. The summed E-state index contributed by atoms with van der Waals surface area (Å²) < 4.78 is 1.42. The molecule has 0 nitrogen and oxygen atoms in total. The van der Waals surface area contributed by atoms with Crippen molar-refractivity contribution < 1.29 is 0 Å². The molecule has 0 unspecified atom stereocenters. The second-order valence-corrected chi connectivity index (χ2v) is 7.03. The van der Waals surface area contributed by atoms with Crippen molar-refractivity contribution in [1.29, 1.82) is 0 Å². The van der Waals surface area contributed by atoms with Crippen LogP contribution >= 0.6 is 11.3 Å². The first-order valence-corrected chi connectivity index (χ1v) is 7.84. The van der Waals surface area contributed by atoms with E-state index in [2.05, 4.69) is 63.3 Å². The van der Waals surface area contributed by atoms with Crippen LogP contribution < -0.4 is 0 Å². The molecule has 0 bridgehead atoms. The number of hydrogen-bond acceptors (Lipinski definition) is 1. The van der Waals surface area contributed by atoms with E-state index in [9.17, 15) is 0 Å². The molecule has 0 aliphatic heterocycles. The smallest absolute Gasteiger partial charge is 0.0358 e. The third-order valence-corrected chi connectivity index (χ3v) is 4.84. The first-order valence-electron chi connectivity index (χ1n) is 7.03. The average molecular weight is 268 g/mol. The molecule has 2 aromatic rings. The summed E-state index contributed by atoms with van der Waals surface area (Å²) in [4.78, 5) is 1.39. The van der Waals surface area contributed by atoms with Crippen molar-refractivity contribution in [3.8, 4) is 0 Å². The fourth-order valence-electron chi connectivity index (χ4n) is 2.56. The summed E-state index contributed by atoms with van der Waals surface area (Å²) in [5.41, 5.74) is 3.01. The molecule has 0 amide bonds. The third kappa shape index (κ3) is 2.40. The molecule has 1 aliphatic rings. The molecule has 0 saturated carbocycles. The van der Waals surface area contributed by atoms with Gasteiger partial charge in [0.1, 0.15) is 0 Å². The van der Waals surface area contributed by atoms with Crippen LogP contribution in [0.4, 0.5) is 0 Å². The van der Waals surface area contributed by atoms with Gasteiger partial charge in [-0.15, -0.1) is 11.3 Å². The molecule has 0 atom stereocenters. The van der Waals surface area contributed by atoms with Crippen molar-refractivity contribution in [3.63, 3.8) is 0 Å². The lowest BCUT2D eigenvalue weighted by atomic mass is 9.93. The van der Waals surface area contributed by atoms with Gasteiger partial charge in [0, 0.05) is 25.9 Å². The SMILES string of the molecule is CCCc1ccc2c3c(sc2c1)C=CC(C)(C)C=C3. The molecule has 1 heterocycles. The quantitative estimate of drug-likeness (QED) is 0.634. The maximum atomic E-state index is 2.37. The van der Waals surface area contributed by atoms with E-state index in [1.807, 2.05) is 11.3 Å². The van der Waals surface area contributed by atoms with Crippen LogP contribution in [0.25, 0.3) is 22.2 Å². The standard InChI is InChI=1S/C18H20S/c1-4-5-13-6-7-14-15-8-10-18(2,3)11-9-16(15)19-17(14)12-13/h6-12H,4-5H2,1-3H3. The molecule has 0 saturated heterocycles. The summed E-state index contributed by atoms with van der Waals surface area (Å²) >= 11 is 1.92. The number of rotatable bonds is 2. The van der Waals surface area contributed by atoms with Gasteiger partial charge in [-0.1, -0.05) is 57.6 Å². The normalized spacial score (nSPS) is 16.6. The van der Waals surface area contributed by atoms with Crippen LogP contribution in [0.5, 0.6) is 0 Å². The Kier molecular flexibility index (Phi) is 3.10. The Morgan fingerprint density at radius 2 is 1.89 bits per heavy atom. The molecule has 1 aliphatic carbocycles. The van der Waals surface area contributed by atoms with E-state index in [4.69, 9.17) is 0 Å². The van der Waals surface area contributed by atoms with Crippen LogP contribution in [-0.2, 0) is 6.42 Å². The lowest BCUT2D eigenvalue weighted by Gasteiger charge is -2.12. The second-order valence-electron chi connectivity index (χ2n) is 5.95. The van der Waals surface area contributed by atoms with Crippen LogP contribution in [-0.4, -0.2) is 0 Å². The zero-order valence-corrected chi connectivity index (χ0v) is 12.7. The van der Waals surface area contributed by atoms with Gasteiger partial charge >= 0.3 is 0 Å². The van der Waals surface area contributed by atoms with Gasteiger partial charge in [-0.3, -0.25) is 0 Å². The Balaban J connectivity index is 2.14. The fourth-order valence-corrected chi connectivity index (χ4v) is 3.72. The fraction of sp³-hybridized carbons (Fsp3) is 0.333. The Hall–Kier alpha value is -1.34. The zero-order chi connectivity index (χ0) is 13.5. The summed E-state index contributed by atoms with van der Waals surface area (Å²) in [5.74, 6) is 0. The van der Waals surface area contributed by atoms with E-state index in [0.717, 1.165) is 0 Å². The van der Waals surface area contributed by atoms with Gasteiger partial charge in [0.2, 0.25) is 0 Å². The Morgan fingerprint density at radius 1 is 1.11 bits per heavy atom. The highest BCUT2D eigenvalue weighted by Crippen LogP contribution is 2.38. The molecule has 19 heavy (non-hydrogen) atoms. The first-order chi connectivity index (χ1) is 9.09. The van der Waals surface area contributed by atoms with Crippen LogP contribution in [0.2, 0.25) is 0 Å². The van der Waals surface area contributed by atoms with E-state index < -0.39 is 0 Å². The highest BCUT2D eigenvalue weighted by molar-refractivity contribution is 7.20. The van der Waals surface area contributed by atoms with E-state index in [-0.39, 0.29) is 5.41 Å². The molecule has 1 aromatic heterocycles. The van der Waals surface area contributed by atoms with Crippen molar-refractivity contribution in [2.75, 3.05) is 0 Å². The predicted molar refractivity (Wildman–Crippen MR) is 87.7 cm³/mol. The van der Waals surface area contributed by atoms with Crippen molar-refractivity contribution in [1.82, 2.24) is 0 Å². The molecule has 0 spiro atoms. The minimum Gasteiger partial charge on any atom is -0.135 e. The van der Waals surface area contributed by atoms with E-state index >= 15 is 0 Å².